The molecule has 0 radical (unpaired) electrons. The number of anilines is 1. The second-order valence-corrected chi connectivity index (χ2v) is 6.45. The van der Waals surface area contributed by atoms with Crippen LogP contribution in [0.15, 0.2) is 48.7 Å². The predicted octanol–water partition coefficient (Wildman–Crippen LogP) is 5.24. The number of nitrogens with one attached hydrogen (secondary N) is 2. The van der Waals surface area contributed by atoms with Gasteiger partial charge in [-0.2, -0.15) is 0 Å². The molecule has 0 bridgehead atoms. The van der Waals surface area contributed by atoms with Crippen molar-refractivity contribution >= 4 is 45.0 Å². The van der Waals surface area contributed by atoms with Crippen LogP contribution in [0.1, 0.15) is 21.6 Å². The number of rotatable bonds is 2. The van der Waals surface area contributed by atoms with Crippen LogP contribution < -0.4 is 5.32 Å². The quantitative estimate of drug-likeness (QED) is 0.520. The maximum absolute atomic E-state index is 12.7. The van der Waals surface area contributed by atoms with Crippen LogP contribution >= 0.6 is 11.6 Å². The van der Waals surface area contributed by atoms with E-state index >= 15 is 0 Å². The number of fused-ring (bicyclic) bond motifs is 3. The van der Waals surface area contributed by atoms with E-state index in [1.54, 1.807) is 18.3 Å². The molecule has 2 heterocycles. The Hall–Kier alpha value is -2.85. The molecule has 2 N–H and O–H groups in total. The molecule has 5 heteroatoms. The van der Waals surface area contributed by atoms with Gasteiger partial charge in [0.05, 0.1) is 16.8 Å². The Morgan fingerprint density at radius 1 is 1.12 bits per heavy atom. The summed E-state index contributed by atoms with van der Waals surface area (Å²) in [7, 11) is 0. The molecular weight excluding hydrogens is 334 g/mol. The molecule has 4 nitrogen and oxygen atoms in total. The molecule has 124 valence electrons. The zero-order chi connectivity index (χ0) is 17.6. The van der Waals surface area contributed by atoms with Gasteiger partial charge in [-0.15, -0.1) is 0 Å². The SMILES string of the molecule is Cc1ncccc1C(=O)Nc1c(C)c(Cl)cc2c1[nH]c1ccccc12. The highest BCUT2D eigenvalue weighted by molar-refractivity contribution is 6.34. The van der Waals surface area contributed by atoms with Crippen LogP contribution in [0.2, 0.25) is 5.02 Å². The molecule has 0 spiro atoms. The van der Waals surface area contributed by atoms with E-state index in [-0.39, 0.29) is 5.91 Å². The first-order valence-corrected chi connectivity index (χ1v) is 8.36. The minimum Gasteiger partial charge on any atom is -0.353 e. The van der Waals surface area contributed by atoms with E-state index in [4.69, 9.17) is 11.6 Å². The van der Waals surface area contributed by atoms with Gasteiger partial charge < -0.3 is 10.3 Å². The van der Waals surface area contributed by atoms with E-state index in [9.17, 15) is 4.79 Å². The lowest BCUT2D eigenvalue weighted by Crippen LogP contribution is -2.15. The number of aryl methyl sites for hydroxylation is 1. The minimum atomic E-state index is -0.198. The monoisotopic (exact) mass is 349 g/mol. The number of para-hydroxylation sites is 1. The molecule has 0 unspecified atom stereocenters. The largest absolute Gasteiger partial charge is 0.353 e. The summed E-state index contributed by atoms with van der Waals surface area (Å²) in [6.45, 7) is 3.72. The molecule has 0 atom stereocenters. The van der Waals surface area contributed by atoms with Crippen molar-refractivity contribution < 1.29 is 4.79 Å². The zero-order valence-corrected chi connectivity index (χ0v) is 14.6. The number of aromatic nitrogens is 2. The van der Waals surface area contributed by atoms with Crippen LogP contribution in [0, 0.1) is 13.8 Å². The molecule has 0 aliphatic rings. The average Bonchev–Trinajstić information content (AvgIpc) is 2.97. The van der Waals surface area contributed by atoms with Gasteiger partial charge in [-0.3, -0.25) is 9.78 Å². The Morgan fingerprint density at radius 2 is 1.92 bits per heavy atom. The van der Waals surface area contributed by atoms with Gasteiger partial charge in [-0.25, -0.2) is 0 Å². The van der Waals surface area contributed by atoms with E-state index in [0.29, 0.717) is 22.0 Å². The highest BCUT2D eigenvalue weighted by atomic mass is 35.5. The van der Waals surface area contributed by atoms with Crippen LogP contribution in [0.3, 0.4) is 0 Å². The smallest absolute Gasteiger partial charge is 0.257 e. The Labute approximate surface area is 149 Å². The van der Waals surface area contributed by atoms with Crippen LogP contribution in [0.4, 0.5) is 5.69 Å². The van der Waals surface area contributed by atoms with Gasteiger partial charge in [0, 0.05) is 33.2 Å². The van der Waals surface area contributed by atoms with Crippen molar-refractivity contribution in [1.82, 2.24) is 9.97 Å². The van der Waals surface area contributed by atoms with Gasteiger partial charge in [-0.1, -0.05) is 29.8 Å². The maximum Gasteiger partial charge on any atom is 0.257 e. The first kappa shape index (κ1) is 15.7. The van der Waals surface area contributed by atoms with E-state index in [0.717, 1.165) is 27.4 Å². The van der Waals surface area contributed by atoms with Gasteiger partial charge in [0.25, 0.3) is 5.91 Å². The molecule has 25 heavy (non-hydrogen) atoms. The van der Waals surface area contributed by atoms with Gasteiger partial charge in [-0.05, 0) is 43.7 Å². The van der Waals surface area contributed by atoms with Crippen molar-refractivity contribution in [3.8, 4) is 0 Å². The standard InChI is InChI=1S/C20H16ClN3O/c1-11-16(21)10-15-14-6-3-4-8-17(14)23-19(15)18(11)24-20(25)13-7-5-9-22-12(13)2/h3-10,23H,1-2H3,(H,24,25). The fraction of sp³-hybridized carbons (Fsp3) is 0.100. The van der Waals surface area contributed by atoms with Crippen molar-refractivity contribution in [2.24, 2.45) is 0 Å². The summed E-state index contributed by atoms with van der Waals surface area (Å²) in [5, 5.41) is 5.70. The second kappa shape index (κ2) is 5.90. The Kier molecular flexibility index (Phi) is 3.70. The number of carbonyl (C=O) groups is 1. The molecule has 0 aliphatic heterocycles. The number of hydrogen-bond acceptors (Lipinski definition) is 2. The normalized spacial score (nSPS) is 11.2. The molecule has 0 aliphatic carbocycles. The van der Waals surface area contributed by atoms with Crippen LogP contribution in [-0.4, -0.2) is 15.9 Å². The summed E-state index contributed by atoms with van der Waals surface area (Å²) in [6, 6.07) is 13.5. The van der Waals surface area contributed by atoms with E-state index < -0.39 is 0 Å². The summed E-state index contributed by atoms with van der Waals surface area (Å²) in [5.41, 5.74) is 4.64. The first-order chi connectivity index (χ1) is 12.1. The molecule has 0 fully saturated rings. The molecule has 2 aromatic carbocycles. The maximum atomic E-state index is 12.7. The number of carbonyl (C=O) groups excluding carboxylic acids is 1. The number of nitrogens with zero attached hydrogens (tertiary/aromatic N) is 1. The van der Waals surface area contributed by atoms with E-state index in [2.05, 4.69) is 15.3 Å². The third kappa shape index (κ3) is 2.55. The average molecular weight is 350 g/mol. The van der Waals surface area contributed by atoms with Crippen molar-refractivity contribution in [1.29, 1.82) is 0 Å². The fourth-order valence-corrected chi connectivity index (χ4v) is 3.32. The van der Waals surface area contributed by atoms with Crippen molar-refractivity contribution in [2.75, 3.05) is 5.32 Å². The first-order valence-electron chi connectivity index (χ1n) is 7.98. The Morgan fingerprint density at radius 3 is 2.72 bits per heavy atom. The fourth-order valence-electron chi connectivity index (χ4n) is 3.11. The lowest BCUT2D eigenvalue weighted by Gasteiger charge is -2.12. The van der Waals surface area contributed by atoms with Gasteiger partial charge >= 0.3 is 0 Å². The van der Waals surface area contributed by atoms with Gasteiger partial charge in [0.1, 0.15) is 0 Å². The molecule has 4 aromatic rings. The van der Waals surface area contributed by atoms with Crippen LogP contribution in [0.25, 0.3) is 21.8 Å². The molecule has 0 saturated heterocycles. The lowest BCUT2D eigenvalue weighted by atomic mass is 10.1. The van der Waals surface area contributed by atoms with Crippen molar-refractivity contribution in [3.63, 3.8) is 0 Å². The molecule has 0 saturated carbocycles. The van der Waals surface area contributed by atoms with Crippen molar-refractivity contribution in [3.05, 3.63) is 70.5 Å². The topological polar surface area (TPSA) is 57.8 Å². The van der Waals surface area contributed by atoms with Crippen LogP contribution in [-0.2, 0) is 0 Å². The van der Waals surface area contributed by atoms with Gasteiger partial charge in [0.2, 0.25) is 0 Å². The van der Waals surface area contributed by atoms with Crippen molar-refractivity contribution in [2.45, 2.75) is 13.8 Å². The third-order valence-corrected chi connectivity index (χ3v) is 4.88. The van der Waals surface area contributed by atoms with E-state index in [1.807, 2.05) is 44.2 Å². The van der Waals surface area contributed by atoms with Crippen LogP contribution in [0.5, 0.6) is 0 Å². The highest BCUT2D eigenvalue weighted by Gasteiger charge is 2.17. The number of amides is 1. The summed E-state index contributed by atoms with van der Waals surface area (Å²) in [5.74, 6) is -0.198. The molecular formula is C20H16ClN3O. The second-order valence-electron chi connectivity index (χ2n) is 6.04. The highest BCUT2D eigenvalue weighted by Crippen LogP contribution is 2.37. The predicted molar refractivity (Wildman–Crippen MR) is 102 cm³/mol. The van der Waals surface area contributed by atoms with E-state index in [1.165, 1.54) is 0 Å². The summed E-state index contributed by atoms with van der Waals surface area (Å²) in [4.78, 5) is 20.3. The minimum absolute atomic E-state index is 0.198. The lowest BCUT2D eigenvalue weighted by molar-refractivity contribution is 0.102. The number of benzene rings is 2. The number of pyridine rings is 1. The third-order valence-electron chi connectivity index (χ3n) is 4.49. The number of aromatic amines is 1. The summed E-state index contributed by atoms with van der Waals surface area (Å²) in [6.07, 6.45) is 1.67. The summed E-state index contributed by atoms with van der Waals surface area (Å²) < 4.78 is 0. The molecule has 1 amide bonds. The van der Waals surface area contributed by atoms with Gasteiger partial charge in [0.15, 0.2) is 0 Å². The Balaban J connectivity index is 1.90. The number of hydrogen-bond donors (Lipinski definition) is 2. The number of halogens is 1. The molecule has 4 rings (SSSR count). The molecule has 2 aromatic heterocycles. The summed E-state index contributed by atoms with van der Waals surface area (Å²) >= 11 is 6.43. The number of H-pyrrole nitrogens is 1. The Bertz CT molecular complexity index is 1130. The zero-order valence-electron chi connectivity index (χ0n) is 13.9.